The minimum absolute atomic E-state index is 0.280. The first-order valence-electron chi connectivity index (χ1n) is 5.98. The Bertz CT molecular complexity index is 184. The summed E-state index contributed by atoms with van der Waals surface area (Å²) in [7, 11) is 0. The Hall–Kier alpha value is -0.610. The Labute approximate surface area is 92.6 Å². The van der Waals surface area contributed by atoms with E-state index in [1.807, 2.05) is 4.90 Å². The molecule has 1 aliphatic heterocycles. The maximum Gasteiger partial charge on any atom is 0.236 e. The van der Waals surface area contributed by atoms with E-state index in [-0.39, 0.29) is 5.91 Å². The van der Waals surface area contributed by atoms with Gasteiger partial charge in [-0.2, -0.15) is 0 Å². The molecule has 0 aromatic heterocycles. The maximum absolute atomic E-state index is 11.9. The van der Waals surface area contributed by atoms with Crippen molar-refractivity contribution in [1.29, 1.82) is 0 Å². The number of carbonyl (C=O) groups is 1. The fourth-order valence-electron chi connectivity index (χ4n) is 1.83. The van der Waals surface area contributed by atoms with Gasteiger partial charge in [0.2, 0.25) is 5.91 Å². The molecule has 1 saturated heterocycles. The van der Waals surface area contributed by atoms with Gasteiger partial charge in [-0.15, -0.1) is 0 Å². The lowest BCUT2D eigenvalue weighted by Gasteiger charge is -2.24. The summed E-state index contributed by atoms with van der Waals surface area (Å²) in [5, 5.41) is 3.31. The second-order valence-corrected chi connectivity index (χ2v) is 3.95. The summed E-state index contributed by atoms with van der Waals surface area (Å²) < 4.78 is 0. The molecule has 0 aromatic rings. The zero-order valence-corrected chi connectivity index (χ0v) is 9.96. The zero-order chi connectivity index (χ0) is 11.1. The van der Waals surface area contributed by atoms with Crippen molar-refractivity contribution >= 4 is 5.91 Å². The van der Waals surface area contributed by atoms with Gasteiger partial charge in [0.15, 0.2) is 0 Å². The fraction of sp³-hybridized carbons (Fsp3) is 0.909. The lowest BCUT2D eigenvalue weighted by Crippen LogP contribution is -2.41. The van der Waals surface area contributed by atoms with Crippen molar-refractivity contribution in [3.63, 3.8) is 0 Å². The van der Waals surface area contributed by atoms with Crippen molar-refractivity contribution in [1.82, 2.24) is 15.1 Å². The first-order valence-corrected chi connectivity index (χ1v) is 5.98. The second-order valence-electron chi connectivity index (χ2n) is 3.95. The number of carbonyl (C=O) groups excluding carboxylic acids is 1. The fourth-order valence-corrected chi connectivity index (χ4v) is 1.83. The van der Waals surface area contributed by atoms with Crippen molar-refractivity contribution in [3.05, 3.63) is 0 Å². The molecule has 15 heavy (non-hydrogen) atoms. The van der Waals surface area contributed by atoms with Gasteiger partial charge in [-0.05, 0) is 26.1 Å². The van der Waals surface area contributed by atoms with Gasteiger partial charge in [-0.1, -0.05) is 13.8 Å². The summed E-state index contributed by atoms with van der Waals surface area (Å²) in [4.78, 5) is 16.1. The van der Waals surface area contributed by atoms with Crippen LogP contribution in [0.4, 0.5) is 0 Å². The number of likely N-dealkylation sites (N-methyl/N-ethyl adjacent to an activating group) is 1. The van der Waals surface area contributed by atoms with Gasteiger partial charge in [0.25, 0.3) is 0 Å². The summed E-state index contributed by atoms with van der Waals surface area (Å²) in [6.45, 7) is 10.4. The van der Waals surface area contributed by atoms with Crippen LogP contribution in [0.1, 0.15) is 20.3 Å². The van der Waals surface area contributed by atoms with Gasteiger partial charge < -0.3 is 10.2 Å². The average Bonchev–Trinajstić information content (AvgIpc) is 2.54. The Morgan fingerprint density at radius 3 is 2.67 bits per heavy atom. The smallest absolute Gasteiger partial charge is 0.236 e. The van der Waals surface area contributed by atoms with Crippen LogP contribution in [0, 0.1) is 0 Å². The third-order valence-corrected chi connectivity index (χ3v) is 2.95. The standard InChI is InChI=1S/C11H23N3O/c1-3-13(4-2)10-11(15)14-8-5-6-12-7-9-14/h12H,3-10H2,1-2H3. The van der Waals surface area contributed by atoms with Crippen LogP contribution in [0.25, 0.3) is 0 Å². The van der Waals surface area contributed by atoms with E-state index in [9.17, 15) is 4.79 Å². The molecule has 88 valence electrons. The lowest BCUT2D eigenvalue weighted by molar-refractivity contribution is -0.132. The summed E-state index contributed by atoms with van der Waals surface area (Å²) in [6.07, 6.45) is 1.07. The van der Waals surface area contributed by atoms with Gasteiger partial charge in [0, 0.05) is 19.6 Å². The molecule has 1 rings (SSSR count). The minimum Gasteiger partial charge on any atom is -0.340 e. The van der Waals surface area contributed by atoms with E-state index in [2.05, 4.69) is 24.1 Å². The van der Waals surface area contributed by atoms with Crippen LogP contribution in [0.5, 0.6) is 0 Å². The predicted molar refractivity (Wildman–Crippen MR) is 61.9 cm³/mol. The molecule has 1 aliphatic rings. The minimum atomic E-state index is 0.280. The SMILES string of the molecule is CCN(CC)CC(=O)N1CCCNCC1. The van der Waals surface area contributed by atoms with E-state index in [0.717, 1.165) is 45.7 Å². The van der Waals surface area contributed by atoms with Crippen molar-refractivity contribution in [2.24, 2.45) is 0 Å². The molecule has 0 unspecified atom stereocenters. The quantitative estimate of drug-likeness (QED) is 0.722. The molecule has 1 amide bonds. The van der Waals surface area contributed by atoms with Crippen LogP contribution in [0.15, 0.2) is 0 Å². The van der Waals surface area contributed by atoms with Crippen LogP contribution in [-0.2, 0) is 4.79 Å². The van der Waals surface area contributed by atoms with Crippen molar-refractivity contribution < 1.29 is 4.79 Å². The summed E-state index contributed by atoms with van der Waals surface area (Å²) in [6, 6.07) is 0. The molecule has 0 saturated carbocycles. The van der Waals surface area contributed by atoms with E-state index < -0.39 is 0 Å². The highest BCUT2D eigenvalue weighted by atomic mass is 16.2. The van der Waals surface area contributed by atoms with E-state index in [1.165, 1.54) is 0 Å². The van der Waals surface area contributed by atoms with Crippen LogP contribution >= 0.6 is 0 Å². The molecule has 0 aromatic carbocycles. The zero-order valence-electron chi connectivity index (χ0n) is 9.96. The Morgan fingerprint density at radius 2 is 2.00 bits per heavy atom. The van der Waals surface area contributed by atoms with Crippen molar-refractivity contribution in [3.8, 4) is 0 Å². The number of rotatable bonds is 4. The first kappa shape index (κ1) is 12.5. The third-order valence-electron chi connectivity index (χ3n) is 2.95. The Balaban J connectivity index is 2.36. The summed E-state index contributed by atoms with van der Waals surface area (Å²) in [5.74, 6) is 0.280. The molecule has 4 nitrogen and oxygen atoms in total. The van der Waals surface area contributed by atoms with Crippen molar-refractivity contribution in [2.45, 2.75) is 20.3 Å². The van der Waals surface area contributed by atoms with Gasteiger partial charge in [-0.3, -0.25) is 9.69 Å². The van der Waals surface area contributed by atoms with Gasteiger partial charge >= 0.3 is 0 Å². The Kier molecular flexibility index (Phi) is 5.65. The molecule has 0 radical (unpaired) electrons. The van der Waals surface area contributed by atoms with Gasteiger partial charge in [0.05, 0.1) is 6.54 Å². The molecule has 0 aliphatic carbocycles. The number of nitrogens with zero attached hydrogens (tertiary/aromatic N) is 2. The van der Waals surface area contributed by atoms with Crippen LogP contribution < -0.4 is 5.32 Å². The summed E-state index contributed by atoms with van der Waals surface area (Å²) in [5.41, 5.74) is 0. The largest absolute Gasteiger partial charge is 0.340 e. The maximum atomic E-state index is 11.9. The molecule has 4 heteroatoms. The van der Waals surface area contributed by atoms with E-state index in [0.29, 0.717) is 6.54 Å². The van der Waals surface area contributed by atoms with E-state index >= 15 is 0 Å². The number of hydrogen-bond donors (Lipinski definition) is 1. The highest BCUT2D eigenvalue weighted by Gasteiger charge is 2.16. The van der Waals surface area contributed by atoms with Crippen LogP contribution in [-0.4, -0.2) is 61.5 Å². The van der Waals surface area contributed by atoms with Crippen LogP contribution in [0.3, 0.4) is 0 Å². The first-order chi connectivity index (χ1) is 7.27. The summed E-state index contributed by atoms with van der Waals surface area (Å²) >= 11 is 0. The average molecular weight is 213 g/mol. The molecule has 1 heterocycles. The molecule has 1 N–H and O–H groups in total. The molecular weight excluding hydrogens is 190 g/mol. The molecule has 0 atom stereocenters. The van der Waals surface area contributed by atoms with Crippen LogP contribution in [0.2, 0.25) is 0 Å². The molecule has 0 spiro atoms. The monoisotopic (exact) mass is 213 g/mol. The molecule has 1 fully saturated rings. The molecular formula is C11H23N3O. The number of amides is 1. The topological polar surface area (TPSA) is 35.6 Å². The predicted octanol–water partition coefficient (Wildman–Crippen LogP) is 0.150. The second kappa shape index (κ2) is 6.80. The number of nitrogens with one attached hydrogen (secondary N) is 1. The van der Waals surface area contributed by atoms with Gasteiger partial charge in [0.1, 0.15) is 0 Å². The third kappa shape index (κ3) is 4.18. The molecule has 0 bridgehead atoms. The highest BCUT2D eigenvalue weighted by Crippen LogP contribution is 1.98. The van der Waals surface area contributed by atoms with E-state index in [1.54, 1.807) is 0 Å². The Morgan fingerprint density at radius 1 is 1.27 bits per heavy atom. The number of hydrogen-bond acceptors (Lipinski definition) is 3. The normalized spacial score (nSPS) is 17.9. The highest BCUT2D eigenvalue weighted by molar-refractivity contribution is 5.78. The van der Waals surface area contributed by atoms with Crippen molar-refractivity contribution in [2.75, 3.05) is 45.8 Å². The van der Waals surface area contributed by atoms with Gasteiger partial charge in [-0.25, -0.2) is 0 Å². The lowest BCUT2D eigenvalue weighted by atomic mass is 10.3. The van der Waals surface area contributed by atoms with E-state index in [4.69, 9.17) is 0 Å².